The molecule has 0 heterocycles. The topological polar surface area (TPSA) is 58.2 Å². The maximum absolute atomic E-state index is 11.8. The van der Waals surface area contributed by atoms with E-state index in [0.717, 1.165) is 12.8 Å². The summed E-state index contributed by atoms with van der Waals surface area (Å²) < 4.78 is 0. The van der Waals surface area contributed by atoms with Crippen LogP contribution in [0.2, 0.25) is 10.0 Å². The smallest absolute Gasteiger partial charge is 0.313 e. The molecule has 120 valence electrons. The Morgan fingerprint density at radius 1 is 0.870 bits per heavy atom. The summed E-state index contributed by atoms with van der Waals surface area (Å²) >= 11 is 11.9. The minimum Gasteiger partial charge on any atom is -0.348 e. The molecule has 0 fully saturated rings. The number of carbonyl (C=O) groups excluding carboxylic acids is 2. The average Bonchev–Trinajstić information content (AvgIpc) is 2.55. The van der Waals surface area contributed by atoms with Crippen LogP contribution in [0, 0.1) is 0 Å². The molecule has 0 saturated heterocycles. The first-order chi connectivity index (χ1) is 11.1. The van der Waals surface area contributed by atoms with Crippen molar-refractivity contribution in [3.8, 4) is 0 Å². The molecule has 0 aliphatic heterocycles. The number of aryl methyl sites for hydroxylation is 1. The molecule has 0 bridgehead atoms. The number of nitrogens with one attached hydrogen (secondary N) is 2. The van der Waals surface area contributed by atoms with Crippen molar-refractivity contribution in [1.82, 2.24) is 5.32 Å². The quantitative estimate of drug-likeness (QED) is 0.638. The van der Waals surface area contributed by atoms with Crippen molar-refractivity contribution in [2.24, 2.45) is 0 Å². The Balaban J connectivity index is 1.78. The monoisotopic (exact) mass is 350 g/mol. The zero-order chi connectivity index (χ0) is 16.7. The molecule has 0 atom stereocenters. The van der Waals surface area contributed by atoms with Crippen LogP contribution in [-0.2, 0) is 16.0 Å². The number of amides is 2. The first-order valence-corrected chi connectivity index (χ1v) is 7.90. The molecular formula is C17H16Cl2N2O2. The molecule has 6 heteroatoms. The Bertz CT molecular complexity index is 670. The van der Waals surface area contributed by atoms with E-state index in [1.54, 1.807) is 18.2 Å². The second-order valence-electron chi connectivity index (χ2n) is 4.90. The number of anilines is 1. The summed E-state index contributed by atoms with van der Waals surface area (Å²) in [5, 5.41) is 5.56. The summed E-state index contributed by atoms with van der Waals surface area (Å²) in [6.07, 6.45) is 1.58. The average molecular weight is 351 g/mol. The van der Waals surface area contributed by atoms with Gasteiger partial charge in [0.05, 0.1) is 15.7 Å². The molecule has 0 aliphatic rings. The fourth-order valence-electron chi connectivity index (χ4n) is 2.01. The molecule has 2 N–H and O–H groups in total. The second kappa shape index (κ2) is 8.56. The largest absolute Gasteiger partial charge is 0.348 e. The third kappa shape index (κ3) is 5.27. The van der Waals surface area contributed by atoms with Gasteiger partial charge < -0.3 is 10.6 Å². The lowest BCUT2D eigenvalue weighted by atomic mass is 10.1. The van der Waals surface area contributed by atoms with Gasteiger partial charge in [-0.25, -0.2) is 0 Å². The van der Waals surface area contributed by atoms with Crippen LogP contribution in [-0.4, -0.2) is 18.4 Å². The maximum atomic E-state index is 11.8. The van der Waals surface area contributed by atoms with Crippen LogP contribution in [0.4, 0.5) is 5.69 Å². The van der Waals surface area contributed by atoms with Crippen LogP contribution in [0.1, 0.15) is 12.0 Å². The first kappa shape index (κ1) is 17.3. The second-order valence-corrected chi connectivity index (χ2v) is 5.71. The van der Waals surface area contributed by atoms with Crippen LogP contribution in [0.15, 0.2) is 48.5 Å². The summed E-state index contributed by atoms with van der Waals surface area (Å²) in [5.41, 5.74) is 1.43. The van der Waals surface area contributed by atoms with E-state index in [0.29, 0.717) is 6.54 Å². The summed E-state index contributed by atoms with van der Waals surface area (Å²) in [7, 11) is 0. The number of halogens is 2. The van der Waals surface area contributed by atoms with Gasteiger partial charge in [0.25, 0.3) is 0 Å². The van der Waals surface area contributed by atoms with Crippen molar-refractivity contribution in [3.63, 3.8) is 0 Å². The highest BCUT2D eigenvalue weighted by atomic mass is 35.5. The molecule has 2 rings (SSSR count). The van der Waals surface area contributed by atoms with E-state index in [-0.39, 0.29) is 15.7 Å². The summed E-state index contributed by atoms with van der Waals surface area (Å²) in [6, 6.07) is 14.8. The minimum absolute atomic E-state index is 0.236. The SMILES string of the molecule is O=C(NCCCc1ccccc1)C(=O)Nc1c(Cl)cccc1Cl. The van der Waals surface area contributed by atoms with E-state index < -0.39 is 11.8 Å². The summed E-state index contributed by atoms with van der Waals surface area (Å²) in [5.74, 6) is -1.51. The van der Waals surface area contributed by atoms with Gasteiger partial charge in [-0.05, 0) is 30.5 Å². The fraction of sp³-hybridized carbons (Fsp3) is 0.176. The Morgan fingerprint density at radius 2 is 1.52 bits per heavy atom. The zero-order valence-electron chi connectivity index (χ0n) is 12.3. The van der Waals surface area contributed by atoms with Crippen LogP contribution in [0.3, 0.4) is 0 Å². The number of rotatable bonds is 5. The van der Waals surface area contributed by atoms with Gasteiger partial charge in [-0.3, -0.25) is 9.59 Å². The minimum atomic E-state index is -0.792. The number of hydrogen-bond acceptors (Lipinski definition) is 2. The molecule has 0 aliphatic carbocycles. The Kier molecular flexibility index (Phi) is 6.44. The number of hydrogen-bond donors (Lipinski definition) is 2. The lowest BCUT2D eigenvalue weighted by Gasteiger charge is -2.09. The van der Waals surface area contributed by atoms with Crippen LogP contribution < -0.4 is 10.6 Å². The van der Waals surface area contributed by atoms with Crippen molar-refractivity contribution in [1.29, 1.82) is 0 Å². The van der Waals surface area contributed by atoms with Gasteiger partial charge in [0.15, 0.2) is 0 Å². The highest BCUT2D eigenvalue weighted by molar-refractivity contribution is 6.44. The number of carbonyl (C=O) groups is 2. The van der Waals surface area contributed by atoms with Gasteiger partial charge in [0.2, 0.25) is 0 Å². The van der Waals surface area contributed by atoms with E-state index in [1.165, 1.54) is 5.56 Å². The van der Waals surface area contributed by atoms with E-state index in [1.807, 2.05) is 30.3 Å². The third-order valence-corrected chi connectivity index (χ3v) is 3.81. The molecule has 0 unspecified atom stereocenters. The normalized spacial score (nSPS) is 10.2. The molecule has 2 aromatic carbocycles. The van der Waals surface area contributed by atoms with Crippen molar-refractivity contribution in [3.05, 3.63) is 64.1 Å². The van der Waals surface area contributed by atoms with Crippen molar-refractivity contribution >= 4 is 40.7 Å². The molecule has 4 nitrogen and oxygen atoms in total. The number of benzene rings is 2. The lowest BCUT2D eigenvalue weighted by molar-refractivity contribution is -0.136. The number of para-hydroxylation sites is 1. The Morgan fingerprint density at radius 3 is 2.17 bits per heavy atom. The molecule has 0 aromatic heterocycles. The van der Waals surface area contributed by atoms with Crippen molar-refractivity contribution in [2.75, 3.05) is 11.9 Å². The fourth-order valence-corrected chi connectivity index (χ4v) is 2.50. The zero-order valence-corrected chi connectivity index (χ0v) is 13.8. The van der Waals surface area contributed by atoms with Crippen LogP contribution in [0.25, 0.3) is 0 Å². The predicted octanol–water partition coefficient (Wildman–Crippen LogP) is 3.68. The van der Waals surface area contributed by atoms with Crippen LogP contribution >= 0.6 is 23.2 Å². The van der Waals surface area contributed by atoms with Gasteiger partial charge in [0, 0.05) is 6.54 Å². The van der Waals surface area contributed by atoms with Crippen LogP contribution in [0.5, 0.6) is 0 Å². The highest BCUT2D eigenvalue weighted by Crippen LogP contribution is 2.29. The first-order valence-electron chi connectivity index (χ1n) is 7.15. The maximum Gasteiger partial charge on any atom is 0.313 e. The van der Waals surface area contributed by atoms with Gasteiger partial charge in [0.1, 0.15) is 0 Å². The molecule has 2 aromatic rings. The van der Waals surface area contributed by atoms with Gasteiger partial charge >= 0.3 is 11.8 Å². The van der Waals surface area contributed by atoms with Gasteiger partial charge in [-0.1, -0.05) is 59.6 Å². The van der Waals surface area contributed by atoms with E-state index in [4.69, 9.17) is 23.2 Å². The molecular weight excluding hydrogens is 335 g/mol. The standard InChI is InChI=1S/C17H16Cl2N2O2/c18-13-9-4-10-14(19)15(13)21-17(23)16(22)20-11-5-8-12-6-2-1-3-7-12/h1-4,6-7,9-10H,5,8,11H2,(H,20,22)(H,21,23). The van der Waals surface area contributed by atoms with E-state index in [2.05, 4.69) is 10.6 Å². The molecule has 23 heavy (non-hydrogen) atoms. The third-order valence-electron chi connectivity index (χ3n) is 3.18. The Labute approximate surface area is 144 Å². The highest BCUT2D eigenvalue weighted by Gasteiger charge is 2.16. The summed E-state index contributed by atoms with van der Waals surface area (Å²) in [4.78, 5) is 23.6. The molecule has 2 amide bonds. The Hall–Kier alpha value is -2.04. The molecule has 0 radical (unpaired) electrons. The summed E-state index contributed by atoms with van der Waals surface area (Å²) in [6.45, 7) is 0.414. The van der Waals surface area contributed by atoms with Crippen molar-refractivity contribution < 1.29 is 9.59 Å². The van der Waals surface area contributed by atoms with Crippen molar-refractivity contribution in [2.45, 2.75) is 12.8 Å². The lowest BCUT2D eigenvalue weighted by Crippen LogP contribution is -2.36. The van der Waals surface area contributed by atoms with E-state index >= 15 is 0 Å². The predicted molar refractivity (Wildman–Crippen MR) is 92.9 cm³/mol. The molecule has 0 spiro atoms. The molecule has 0 saturated carbocycles. The van der Waals surface area contributed by atoms with E-state index in [9.17, 15) is 9.59 Å². The van der Waals surface area contributed by atoms with Gasteiger partial charge in [-0.2, -0.15) is 0 Å². The van der Waals surface area contributed by atoms with Gasteiger partial charge in [-0.15, -0.1) is 0 Å².